The van der Waals surface area contributed by atoms with Crippen LogP contribution >= 0.6 is 0 Å². The van der Waals surface area contributed by atoms with Gasteiger partial charge >= 0.3 is 5.97 Å². The van der Waals surface area contributed by atoms with E-state index < -0.39 is 0 Å². The molecule has 3 unspecified atom stereocenters. The molecular weight excluding hydrogens is 328 g/mol. The van der Waals surface area contributed by atoms with Crippen molar-refractivity contribution in [1.82, 2.24) is 9.88 Å². The van der Waals surface area contributed by atoms with Crippen molar-refractivity contribution in [2.45, 2.75) is 45.3 Å². The lowest BCUT2D eigenvalue weighted by Crippen LogP contribution is -2.58. The molecule has 1 saturated heterocycles. The van der Waals surface area contributed by atoms with E-state index in [0.717, 1.165) is 35.1 Å². The van der Waals surface area contributed by atoms with E-state index in [-0.39, 0.29) is 29.8 Å². The van der Waals surface area contributed by atoms with E-state index in [1.165, 1.54) is 6.92 Å². The fourth-order valence-corrected chi connectivity index (χ4v) is 4.96. The molecule has 2 bridgehead atoms. The SMILES string of the molecule is CCC1CN(C)[C@H]2Cc3c([nH]c4ccccc34)C(=O)CC1C2OC(C)=O. The van der Waals surface area contributed by atoms with Crippen molar-refractivity contribution in [1.29, 1.82) is 0 Å². The van der Waals surface area contributed by atoms with Crippen LogP contribution in [0.15, 0.2) is 24.3 Å². The third-order valence-electron chi connectivity index (χ3n) is 6.25. The van der Waals surface area contributed by atoms with Gasteiger partial charge in [0.05, 0.1) is 11.7 Å². The molecule has 1 aromatic carbocycles. The van der Waals surface area contributed by atoms with E-state index in [0.29, 0.717) is 18.8 Å². The summed E-state index contributed by atoms with van der Waals surface area (Å²) in [5, 5.41) is 1.10. The van der Waals surface area contributed by atoms with Crippen molar-refractivity contribution >= 4 is 22.7 Å². The molecule has 1 aliphatic heterocycles. The minimum Gasteiger partial charge on any atom is -0.461 e. The number of rotatable bonds is 2. The number of Topliss-reactive ketones (excluding diaryl/α,β-unsaturated/α-hetero) is 1. The number of hydrogen-bond donors (Lipinski definition) is 1. The van der Waals surface area contributed by atoms with Gasteiger partial charge in [-0.15, -0.1) is 0 Å². The molecule has 2 aromatic rings. The predicted octanol–water partition coefficient (Wildman–Crippen LogP) is 3.18. The number of esters is 1. The molecular formula is C21H26N2O3. The fraction of sp³-hybridized carbons (Fsp3) is 0.524. The number of H-pyrrole nitrogens is 1. The van der Waals surface area contributed by atoms with Gasteiger partial charge < -0.3 is 9.72 Å². The molecule has 2 heterocycles. The number of fused-ring (bicyclic) bond motifs is 5. The van der Waals surface area contributed by atoms with Crippen LogP contribution in [0, 0.1) is 11.8 Å². The Balaban J connectivity index is 1.85. The number of hydrogen-bond acceptors (Lipinski definition) is 4. The number of nitrogens with one attached hydrogen (secondary N) is 1. The molecule has 5 heteroatoms. The van der Waals surface area contributed by atoms with E-state index in [4.69, 9.17) is 4.74 Å². The number of likely N-dealkylation sites (tertiary alicyclic amines) is 1. The third kappa shape index (κ3) is 2.75. The molecule has 1 aromatic heterocycles. The van der Waals surface area contributed by atoms with Crippen molar-refractivity contribution < 1.29 is 14.3 Å². The van der Waals surface area contributed by atoms with Gasteiger partial charge in [0, 0.05) is 36.7 Å². The Labute approximate surface area is 153 Å². The minimum atomic E-state index is -0.262. The zero-order chi connectivity index (χ0) is 18.4. The van der Waals surface area contributed by atoms with Crippen molar-refractivity contribution in [2.75, 3.05) is 13.6 Å². The summed E-state index contributed by atoms with van der Waals surface area (Å²) in [6, 6.07) is 8.16. The lowest BCUT2D eigenvalue weighted by atomic mass is 9.72. The molecule has 5 nitrogen and oxygen atoms in total. The summed E-state index contributed by atoms with van der Waals surface area (Å²) in [5.74, 6) is 0.315. The maximum Gasteiger partial charge on any atom is 0.302 e. The second-order valence-corrected chi connectivity index (χ2v) is 7.77. The minimum absolute atomic E-state index is 0.0807. The maximum absolute atomic E-state index is 13.1. The van der Waals surface area contributed by atoms with Crippen molar-refractivity contribution in [3.05, 3.63) is 35.5 Å². The topological polar surface area (TPSA) is 62.4 Å². The Hall–Kier alpha value is -2.14. The number of benzene rings is 1. The summed E-state index contributed by atoms with van der Waals surface area (Å²) in [6.07, 6.45) is 1.89. The molecule has 4 rings (SSSR count). The highest BCUT2D eigenvalue weighted by atomic mass is 16.5. The Kier molecular flexibility index (Phi) is 4.35. The average Bonchev–Trinajstić information content (AvgIpc) is 2.97. The van der Waals surface area contributed by atoms with E-state index in [9.17, 15) is 9.59 Å². The summed E-state index contributed by atoms with van der Waals surface area (Å²) < 4.78 is 5.81. The lowest BCUT2D eigenvalue weighted by molar-refractivity contribution is -0.160. The second kappa shape index (κ2) is 6.54. The Morgan fingerprint density at radius 1 is 1.31 bits per heavy atom. The number of aromatic nitrogens is 1. The van der Waals surface area contributed by atoms with Gasteiger partial charge in [-0.1, -0.05) is 31.5 Å². The molecule has 0 saturated carbocycles. The number of para-hydroxylation sites is 1. The van der Waals surface area contributed by atoms with E-state index in [1.54, 1.807) is 0 Å². The Morgan fingerprint density at radius 2 is 2.08 bits per heavy atom. The Bertz CT molecular complexity index is 856. The summed E-state index contributed by atoms with van der Waals surface area (Å²) in [5.41, 5.74) is 2.81. The number of nitrogens with zero attached hydrogens (tertiary/aromatic N) is 1. The first-order valence-corrected chi connectivity index (χ1v) is 9.49. The standard InChI is InChI=1S/C21H26N2O3/c1-4-13-11-23(3)18-9-16-14-7-5-6-8-17(14)22-20(16)19(25)10-15(13)21(18)26-12(2)24/h5-8,13,15,18,21-22H,4,9-11H2,1-3H3/t13?,15?,18-,21?/m0/s1. The number of ketones is 1. The van der Waals surface area contributed by atoms with Crippen molar-refractivity contribution in [3.8, 4) is 0 Å². The van der Waals surface area contributed by atoms with Crippen molar-refractivity contribution in [3.63, 3.8) is 0 Å². The molecule has 138 valence electrons. The average molecular weight is 354 g/mol. The zero-order valence-electron chi connectivity index (χ0n) is 15.6. The van der Waals surface area contributed by atoms with Gasteiger partial charge in [0.1, 0.15) is 6.10 Å². The summed E-state index contributed by atoms with van der Waals surface area (Å²) in [7, 11) is 2.11. The number of likely N-dealkylation sites (N-methyl/N-ethyl adjacent to an activating group) is 1. The quantitative estimate of drug-likeness (QED) is 0.842. The molecule has 1 N–H and O–H groups in total. The van der Waals surface area contributed by atoms with Crippen LogP contribution in [-0.2, 0) is 16.0 Å². The first-order valence-electron chi connectivity index (χ1n) is 9.49. The predicted molar refractivity (Wildman–Crippen MR) is 100 cm³/mol. The third-order valence-corrected chi connectivity index (χ3v) is 6.25. The smallest absolute Gasteiger partial charge is 0.302 e. The molecule has 0 spiro atoms. The lowest BCUT2D eigenvalue weighted by Gasteiger charge is -2.48. The first-order chi connectivity index (χ1) is 12.5. The number of carbonyl (C=O) groups excluding carboxylic acids is 2. The normalized spacial score (nSPS) is 29.1. The second-order valence-electron chi connectivity index (χ2n) is 7.77. The highest BCUT2D eigenvalue weighted by Gasteiger charge is 2.46. The van der Waals surface area contributed by atoms with Gasteiger partial charge in [0.25, 0.3) is 0 Å². The number of carbonyl (C=O) groups is 2. The highest BCUT2D eigenvalue weighted by molar-refractivity contribution is 6.02. The van der Waals surface area contributed by atoms with Gasteiger partial charge in [-0.3, -0.25) is 14.5 Å². The molecule has 1 fully saturated rings. The number of aromatic amines is 1. The molecule has 1 aliphatic carbocycles. The van der Waals surface area contributed by atoms with Gasteiger partial charge in [-0.2, -0.15) is 0 Å². The summed E-state index contributed by atoms with van der Waals surface area (Å²) in [6.45, 7) is 4.56. The number of piperidine rings is 1. The molecule has 26 heavy (non-hydrogen) atoms. The molecule has 0 radical (unpaired) electrons. The fourth-order valence-electron chi connectivity index (χ4n) is 4.96. The van der Waals surface area contributed by atoms with Crippen LogP contribution in [0.2, 0.25) is 0 Å². The monoisotopic (exact) mass is 354 g/mol. The van der Waals surface area contributed by atoms with E-state index in [1.807, 2.05) is 18.2 Å². The van der Waals surface area contributed by atoms with Gasteiger partial charge in [0.15, 0.2) is 5.78 Å². The van der Waals surface area contributed by atoms with Crippen LogP contribution in [0.4, 0.5) is 0 Å². The van der Waals surface area contributed by atoms with Gasteiger partial charge in [-0.25, -0.2) is 0 Å². The van der Waals surface area contributed by atoms with E-state index in [2.05, 4.69) is 29.9 Å². The van der Waals surface area contributed by atoms with Crippen LogP contribution in [0.5, 0.6) is 0 Å². The van der Waals surface area contributed by atoms with E-state index >= 15 is 0 Å². The van der Waals surface area contributed by atoms with Gasteiger partial charge in [-0.05, 0) is 31.0 Å². The molecule has 0 amide bonds. The largest absolute Gasteiger partial charge is 0.461 e. The maximum atomic E-state index is 13.1. The zero-order valence-corrected chi connectivity index (χ0v) is 15.6. The van der Waals surface area contributed by atoms with Crippen LogP contribution in [0.25, 0.3) is 10.9 Å². The summed E-state index contributed by atoms with van der Waals surface area (Å²) in [4.78, 5) is 30.6. The van der Waals surface area contributed by atoms with Crippen LogP contribution in [0.3, 0.4) is 0 Å². The van der Waals surface area contributed by atoms with Crippen LogP contribution < -0.4 is 0 Å². The Morgan fingerprint density at radius 3 is 2.81 bits per heavy atom. The van der Waals surface area contributed by atoms with Crippen LogP contribution in [-0.4, -0.2) is 47.4 Å². The summed E-state index contributed by atoms with van der Waals surface area (Å²) >= 11 is 0. The van der Waals surface area contributed by atoms with Crippen LogP contribution in [0.1, 0.15) is 42.7 Å². The van der Waals surface area contributed by atoms with Crippen molar-refractivity contribution in [2.24, 2.45) is 11.8 Å². The highest BCUT2D eigenvalue weighted by Crippen LogP contribution is 2.40. The number of ether oxygens (including phenoxy) is 1. The molecule has 4 atom stereocenters. The van der Waals surface area contributed by atoms with Gasteiger partial charge in [0.2, 0.25) is 0 Å². The first kappa shape index (κ1) is 17.3. The molecule has 2 aliphatic rings.